The second-order valence-electron chi connectivity index (χ2n) is 6.32. The van der Waals surface area contributed by atoms with Crippen LogP contribution in [-0.4, -0.2) is 67.9 Å². The molecule has 5 nitrogen and oxygen atoms in total. The van der Waals surface area contributed by atoms with Gasteiger partial charge in [-0.3, -0.25) is 9.69 Å². The predicted molar refractivity (Wildman–Crippen MR) is 85.8 cm³/mol. The SMILES string of the molecule is Cc1cccc(C)c1C(=O)N1CCN2CCS(=O)(=O)C[C@H]2C1. The van der Waals surface area contributed by atoms with Gasteiger partial charge in [-0.15, -0.1) is 0 Å². The molecule has 0 radical (unpaired) electrons. The summed E-state index contributed by atoms with van der Waals surface area (Å²) in [5.41, 5.74) is 2.71. The Morgan fingerprint density at radius 2 is 1.82 bits per heavy atom. The Labute approximate surface area is 131 Å². The number of benzene rings is 1. The van der Waals surface area contributed by atoms with Crippen molar-refractivity contribution in [2.75, 3.05) is 37.7 Å². The molecule has 2 aliphatic rings. The second kappa shape index (κ2) is 5.66. The highest BCUT2D eigenvalue weighted by Gasteiger charge is 2.37. The van der Waals surface area contributed by atoms with Crippen LogP contribution in [0.2, 0.25) is 0 Å². The van der Waals surface area contributed by atoms with Gasteiger partial charge in [0, 0.05) is 37.8 Å². The molecule has 1 aromatic rings. The normalized spacial score (nSPS) is 24.8. The molecule has 120 valence electrons. The monoisotopic (exact) mass is 322 g/mol. The second-order valence-corrected chi connectivity index (χ2v) is 8.55. The van der Waals surface area contributed by atoms with Crippen molar-refractivity contribution in [3.63, 3.8) is 0 Å². The summed E-state index contributed by atoms with van der Waals surface area (Å²) in [6.45, 7) is 6.42. The van der Waals surface area contributed by atoms with E-state index in [0.717, 1.165) is 23.2 Å². The highest BCUT2D eigenvalue weighted by Crippen LogP contribution is 2.21. The number of carbonyl (C=O) groups excluding carboxylic acids is 1. The molecule has 2 saturated heterocycles. The molecule has 2 heterocycles. The van der Waals surface area contributed by atoms with Gasteiger partial charge in [-0.25, -0.2) is 8.42 Å². The molecule has 0 spiro atoms. The standard InChI is InChI=1S/C16H22N2O3S/c1-12-4-3-5-13(2)15(12)16(19)18-7-6-17-8-9-22(20,21)11-14(17)10-18/h3-5,14H,6-11H2,1-2H3/t14-/m1/s1. The van der Waals surface area contributed by atoms with E-state index in [1.807, 2.05) is 36.9 Å². The molecular formula is C16H22N2O3S. The van der Waals surface area contributed by atoms with Crippen LogP contribution in [0.5, 0.6) is 0 Å². The molecule has 6 heteroatoms. The Hall–Kier alpha value is -1.40. The van der Waals surface area contributed by atoms with Crippen LogP contribution < -0.4 is 0 Å². The third kappa shape index (κ3) is 2.90. The van der Waals surface area contributed by atoms with Crippen molar-refractivity contribution in [1.29, 1.82) is 0 Å². The van der Waals surface area contributed by atoms with Gasteiger partial charge in [-0.05, 0) is 25.0 Å². The van der Waals surface area contributed by atoms with Gasteiger partial charge in [0.1, 0.15) is 0 Å². The topological polar surface area (TPSA) is 57.7 Å². The van der Waals surface area contributed by atoms with Crippen LogP contribution in [0.15, 0.2) is 18.2 Å². The number of aryl methyl sites for hydroxylation is 2. The number of rotatable bonds is 1. The van der Waals surface area contributed by atoms with E-state index in [1.54, 1.807) is 0 Å². The maximum atomic E-state index is 12.8. The quantitative estimate of drug-likeness (QED) is 0.769. The molecule has 1 aromatic carbocycles. The summed E-state index contributed by atoms with van der Waals surface area (Å²) in [7, 11) is -2.96. The zero-order valence-corrected chi connectivity index (χ0v) is 13.9. The maximum absolute atomic E-state index is 12.8. The van der Waals surface area contributed by atoms with Gasteiger partial charge >= 0.3 is 0 Å². The number of piperazine rings is 1. The Balaban J connectivity index is 1.80. The van der Waals surface area contributed by atoms with Crippen LogP contribution in [0.4, 0.5) is 0 Å². The summed E-state index contributed by atoms with van der Waals surface area (Å²) in [6, 6.07) is 5.79. The summed E-state index contributed by atoms with van der Waals surface area (Å²) in [6.07, 6.45) is 0. The fourth-order valence-electron chi connectivity index (χ4n) is 3.47. The highest BCUT2D eigenvalue weighted by molar-refractivity contribution is 7.91. The van der Waals surface area contributed by atoms with E-state index < -0.39 is 9.84 Å². The number of hydrogen-bond acceptors (Lipinski definition) is 4. The number of carbonyl (C=O) groups is 1. The van der Waals surface area contributed by atoms with Crippen LogP contribution in [0.1, 0.15) is 21.5 Å². The van der Waals surface area contributed by atoms with Crippen molar-refractivity contribution in [2.24, 2.45) is 0 Å². The van der Waals surface area contributed by atoms with Crippen molar-refractivity contribution >= 4 is 15.7 Å². The Bertz CT molecular complexity index is 679. The van der Waals surface area contributed by atoms with E-state index in [-0.39, 0.29) is 23.5 Å². The molecule has 0 N–H and O–H groups in total. The fraction of sp³-hybridized carbons (Fsp3) is 0.562. The van der Waals surface area contributed by atoms with Crippen LogP contribution in [0, 0.1) is 13.8 Å². The van der Waals surface area contributed by atoms with Gasteiger partial charge in [0.2, 0.25) is 0 Å². The maximum Gasteiger partial charge on any atom is 0.254 e. The smallest absolute Gasteiger partial charge is 0.254 e. The number of amides is 1. The largest absolute Gasteiger partial charge is 0.336 e. The third-order valence-electron chi connectivity index (χ3n) is 4.72. The van der Waals surface area contributed by atoms with Crippen LogP contribution in [-0.2, 0) is 9.84 Å². The Kier molecular flexibility index (Phi) is 3.99. The minimum absolute atomic E-state index is 0.0261. The van der Waals surface area contributed by atoms with E-state index in [2.05, 4.69) is 4.90 Å². The Morgan fingerprint density at radius 3 is 2.50 bits per heavy atom. The molecule has 1 amide bonds. The fourth-order valence-corrected chi connectivity index (χ4v) is 5.05. The zero-order valence-electron chi connectivity index (χ0n) is 13.1. The van der Waals surface area contributed by atoms with Gasteiger partial charge in [-0.1, -0.05) is 18.2 Å². The first kappa shape index (κ1) is 15.5. The van der Waals surface area contributed by atoms with E-state index in [4.69, 9.17) is 0 Å². The van der Waals surface area contributed by atoms with Crippen molar-refractivity contribution in [1.82, 2.24) is 9.80 Å². The minimum atomic E-state index is -2.96. The molecule has 0 unspecified atom stereocenters. The first-order valence-electron chi connectivity index (χ1n) is 7.67. The summed E-state index contributed by atoms with van der Waals surface area (Å²) < 4.78 is 23.7. The van der Waals surface area contributed by atoms with Gasteiger partial charge in [0.25, 0.3) is 5.91 Å². The summed E-state index contributed by atoms with van der Waals surface area (Å²) in [5.74, 6) is 0.441. The first-order valence-corrected chi connectivity index (χ1v) is 9.49. The van der Waals surface area contributed by atoms with Gasteiger partial charge in [-0.2, -0.15) is 0 Å². The first-order chi connectivity index (χ1) is 10.4. The zero-order chi connectivity index (χ0) is 15.9. The Morgan fingerprint density at radius 1 is 1.14 bits per heavy atom. The molecule has 2 aliphatic heterocycles. The average molecular weight is 322 g/mol. The molecule has 22 heavy (non-hydrogen) atoms. The van der Waals surface area contributed by atoms with E-state index in [0.29, 0.717) is 19.6 Å². The van der Waals surface area contributed by atoms with E-state index in [1.165, 1.54) is 0 Å². The van der Waals surface area contributed by atoms with Crippen LogP contribution in [0.3, 0.4) is 0 Å². The number of hydrogen-bond donors (Lipinski definition) is 0. The van der Waals surface area contributed by atoms with Gasteiger partial charge < -0.3 is 4.90 Å². The molecule has 0 saturated carbocycles. The van der Waals surface area contributed by atoms with Crippen molar-refractivity contribution in [3.8, 4) is 0 Å². The minimum Gasteiger partial charge on any atom is -0.336 e. The van der Waals surface area contributed by atoms with Crippen molar-refractivity contribution < 1.29 is 13.2 Å². The van der Waals surface area contributed by atoms with Crippen LogP contribution in [0.25, 0.3) is 0 Å². The lowest BCUT2D eigenvalue weighted by Gasteiger charge is -2.43. The molecular weight excluding hydrogens is 300 g/mol. The lowest BCUT2D eigenvalue weighted by molar-refractivity contribution is 0.0520. The molecule has 0 aliphatic carbocycles. The van der Waals surface area contributed by atoms with E-state index >= 15 is 0 Å². The molecule has 0 aromatic heterocycles. The summed E-state index contributed by atoms with van der Waals surface area (Å²) in [4.78, 5) is 16.9. The molecule has 1 atom stereocenters. The van der Waals surface area contributed by atoms with Crippen molar-refractivity contribution in [3.05, 3.63) is 34.9 Å². The molecule has 3 rings (SSSR count). The lowest BCUT2D eigenvalue weighted by atomic mass is 10.0. The molecule has 0 bridgehead atoms. The van der Waals surface area contributed by atoms with Gasteiger partial charge in [0.05, 0.1) is 11.5 Å². The molecule has 2 fully saturated rings. The average Bonchev–Trinajstić information content (AvgIpc) is 2.45. The highest BCUT2D eigenvalue weighted by atomic mass is 32.2. The third-order valence-corrected chi connectivity index (χ3v) is 6.42. The number of nitrogens with zero attached hydrogens (tertiary/aromatic N) is 2. The number of sulfone groups is 1. The lowest BCUT2D eigenvalue weighted by Crippen LogP contribution is -2.60. The number of fused-ring (bicyclic) bond motifs is 1. The van der Waals surface area contributed by atoms with Crippen molar-refractivity contribution in [2.45, 2.75) is 19.9 Å². The summed E-state index contributed by atoms with van der Waals surface area (Å²) >= 11 is 0. The van der Waals surface area contributed by atoms with Crippen LogP contribution >= 0.6 is 0 Å². The van der Waals surface area contributed by atoms with Gasteiger partial charge in [0.15, 0.2) is 9.84 Å². The van der Waals surface area contributed by atoms with E-state index in [9.17, 15) is 13.2 Å². The summed E-state index contributed by atoms with van der Waals surface area (Å²) in [5, 5.41) is 0. The predicted octanol–water partition coefficient (Wildman–Crippen LogP) is 0.858.